The molecule has 0 spiro atoms. The number of nitrogens with zero attached hydrogens (tertiary/aromatic N) is 1. The lowest BCUT2D eigenvalue weighted by Crippen LogP contribution is -2.55. The molecule has 3 amide bonds. The monoisotopic (exact) mass is 501 g/mol. The summed E-state index contributed by atoms with van der Waals surface area (Å²) in [5, 5.41) is 5.14. The van der Waals surface area contributed by atoms with Gasteiger partial charge in [-0.1, -0.05) is 48.5 Å². The van der Waals surface area contributed by atoms with E-state index in [1.807, 2.05) is 0 Å². The molecule has 4 rings (SSSR count). The Kier molecular flexibility index (Phi) is 7.42. The summed E-state index contributed by atoms with van der Waals surface area (Å²) >= 11 is 0. The number of alkyl halides is 3. The first kappa shape index (κ1) is 25.4. The Morgan fingerprint density at radius 2 is 1.67 bits per heavy atom. The van der Waals surface area contributed by atoms with Crippen molar-refractivity contribution in [3.63, 3.8) is 0 Å². The van der Waals surface area contributed by atoms with Gasteiger partial charge in [0.05, 0.1) is 5.56 Å². The van der Waals surface area contributed by atoms with Crippen LogP contribution in [0.3, 0.4) is 0 Å². The number of hydrogen-bond acceptors (Lipinski definition) is 4. The number of amides is 3. The molecule has 1 saturated carbocycles. The molecule has 2 N–H and O–H groups in total. The topological polar surface area (TPSA) is 95.6 Å². The van der Waals surface area contributed by atoms with E-state index in [-0.39, 0.29) is 36.8 Å². The fourth-order valence-corrected chi connectivity index (χ4v) is 4.28. The average molecular weight is 502 g/mol. The molecule has 0 bridgehead atoms. The highest BCUT2D eigenvalue weighted by Crippen LogP contribution is 2.33. The van der Waals surface area contributed by atoms with Crippen LogP contribution in [0.1, 0.15) is 42.4 Å². The van der Waals surface area contributed by atoms with Gasteiger partial charge in [0.15, 0.2) is 0 Å². The van der Waals surface area contributed by atoms with E-state index in [0.717, 1.165) is 23.8 Å². The van der Waals surface area contributed by atoms with Crippen molar-refractivity contribution in [3.05, 3.63) is 71.3 Å². The molecule has 0 radical (unpaired) electrons. The third kappa shape index (κ3) is 6.10. The van der Waals surface area contributed by atoms with Gasteiger partial charge >= 0.3 is 6.18 Å². The Balaban J connectivity index is 1.73. The van der Waals surface area contributed by atoms with Crippen molar-refractivity contribution in [2.24, 2.45) is 0 Å². The highest BCUT2D eigenvalue weighted by atomic mass is 19.4. The molecule has 1 saturated heterocycles. The maximum absolute atomic E-state index is 13.7. The molecule has 2 aromatic carbocycles. The summed E-state index contributed by atoms with van der Waals surface area (Å²) < 4.78 is 41.2. The quantitative estimate of drug-likeness (QED) is 0.517. The predicted octanol–water partition coefficient (Wildman–Crippen LogP) is 2.77. The van der Waals surface area contributed by atoms with E-state index in [1.54, 1.807) is 30.3 Å². The molecule has 2 aromatic rings. The summed E-state index contributed by atoms with van der Waals surface area (Å²) in [6.07, 6.45) is -3.05. The first-order valence-electron chi connectivity index (χ1n) is 11.8. The molecule has 36 heavy (non-hydrogen) atoms. The lowest BCUT2D eigenvalue weighted by atomic mass is 9.97. The van der Waals surface area contributed by atoms with Crippen molar-refractivity contribution in [1.29, 1.82) is 0 Å². The Morgan fingerprint density at radius 3 is 2.28 bits per heavy atom. The Labute approximate surface area is 206 Å². The molecule has 2 fully saturated rings. The van der Waals surface area contributed by atoms with Crippen LogP contribution >= 0.6 is 0 Å². The number of ketones is 1. The molecule has 7 nitrogen and oxygen atoms in total. The molecule has 190 valence electrons. The Bertz CT molecular complexity index is 1150. The predicted molar refractivity (Wildman–Crippen MR) is 123 cm³/mol. The SMILES string of the molecule is O=C1CC[C@H](C(=O)N(Cc2ccccc2C(F)(F)F)C(Cc2ccccc2)C(=O)C(=O)NC2CC2)N1. The summed E-state index contributed by atoms with van der Waals surface area (Å²) in [6.45, 7) is -0.555. The Hall–Kier alpha value is -3.69. The minimum Gasteiger partial charge on any atom is -0.347 e. The highest BCUT2D eigenvalue weighted by Gasteiger charge is 2.41. The number of benzene rings is 2. The standard InChI is InChI=1S/C26H26F3N3O4/c27-26(28,29)19-9-5-4-8-17(19)15-32(25(36)20-12-13-22(33)31-20)21(14-16-6-2-1-3-7-16)23(34)24(35)30-18-10-11-18/h1-9,18,20-21H,10-15H2,(H,30,35)(H,31,33)/t20-,21?/m1/s1. The van der Waals surface area contributed by atoms with Gasteiger partial charge in [0.25, 0.3) is 5.91 Å². The van der Waals surface area contributed by atoms with Gasteiger partial charge in [0.2, 0.25) is 17.6 Å². The number of halogens is 3. The van der Waals surface area contributed by atoms with Crippen LogP contribution in [0.2, 0.25) is 0 Å². The van der Waals surface area contributed by atoms with Crippen LogP contribution in [0.5, 0.6) is 0 Å². The van der Waals surface area contributed by atoms with Crippen molar-refractivity contribution in [1.82, 2.24) is 15.5 Å². The van der Waals surface area contributed by atoms with E-state index >= 15 is 0 Å². The lowest BCUT2D eigenvalue weighted by Gasteiger charge is -2.33. The van der Waals surface area contributed by atoms with Crippen molar-refractivity contribution in [3.8, 4) is 0 Å². The minimum atomic E-state index is -4.69. The van der Waals surface area contributed by atoms with Crippen LogP contribution in [0, 0.1) is 0 Å². The maximum Gasteiger partial charge on any atom is 0.416 e. The van der Waals surface area contributed by atoms with Gasteiger partial charge in [0, 0.05) is 25.4 Å². The number of hydrogen-bond donors (Lipinski definition) is 2. The third-order valence-corrected chi connectivity index (χ3v) is 6.33. The summed E-state index contributed by atoms with van der Waals surface area (Å²) in [5.74, 6) is -2.85. The maximum atomic E-state index is 13.7. The average Bonchev–Trinajstić information content (AvgIpc) is 3.56. The van der Waals surface area contributed by atoms with Gasteiger partial charge in [-0.2, -0.15) is 13.2 Å². The number of carbonyl (C=O) groups is 4. The zero-order chi connectivity index (χ0) is 25.9. The second kappa shape index (κ2) is 10.5. The van der Waals surface area contributed by atoms with Crippen LogP contribution in [-0.2, 0) is 38.3 Å². The first-order valence-corrected chi connectivity index (χ1v) is 11.8. The second-order valence-corrected chi connectivity index (χ2v) is 9.10. The van der Waals surface area contributed by atoms with Gasteiger partial charge in [-0.05, 0) is 36.5 Å². The van der Waals surface area contributed by atoms with Crippen molar-refractivity contribution in [2.75, 3.05) is 0 Å². The van der Waals surface area contributed by atoms with Crippen LogP contribution in [0.4, 0.5) is 13.2 Å². The largest absolute Gasteiger partial charge is 0.416 e. The summed E-state index contributed by atoms with van der Waals surface area (Å²) in [6, 6.07) is 11.0. The van der Waals surface area contributed by atoms with E-state index < -0.39 is 48.0 Å². The molecule has 10 heteroatoms. The normalized spacial score (nSPS) is 18.3. The minimum absolute atomic E-state index is 0.0711. The van der Waals surface area contributed by atoms with Crippen LogP contribution in [0.15, 0.2) is 54.6 Å². The smallest absolute Gasteiger partial charge is 0.347 e. The number of nitrogens with one attached hydrogen (secondary N) is 2. The summed E-state index contributed by atoms with van der Waals surface area (Å²) in [5.41, 5.74) is -0.518. The Morgan fingerprint density at radius 1 is 1.00 bits per heavy atom. The summed E-state index contributed by atoms with van der Waals surface area (Å²) in [4.78, 5) is 52.6. The summed E-state index contributed by atoms with van der Waals surface area (Å²) in [7, 11) is 0. The van der Waals surface area contributed by atoms with E-state index in [1.165, 1.54) is 18.2 Å². The molecule has 1 heterocycles. The van der Waals surface area contributed by atoms with E-state index in [0.29, 0.717) is 5.56 Å². The molecule has 2 atom stereocenters. The van der Waals surface area contributed by atoms with Gasteiger partial charge in [0.1, 0.15) is 12.1 Å². The van der Waals surface area contributed by atoms with Crippen molar-refractivity contribution < 1.29 is 32.3 Å². The molecule has 2 aliphatic rings. The number of Topliss-reactive ketones (excluding diaryl/α,β-unsaturated/α-hetero) is 1. The molecular weight excluding hydrogens is 475 g/mol. The number of rotatable bonds is 9. The first-order chi connectivity index (χ1) is 17.1. The van der Waals surface area contributed by atoms with Crippen molar-refractivity contribution in [2.45, 2.75) is 63.0 Å². The molecule has 1 unspecified atom stereocenters. The lowest BCUT2D eigenvalue weighted by molar-refractivity contribution is -0.148. The van der Waals surface area contributed by atoms with Crippen molar-refractivity contribution >= 4 is 23.5 Å². The number of carbonyl (C=O) groups excluding carboxylic acids is 4. The van der Waals surface area contributed by atoms with Gasteiger partial charge in [-0.15, -0.1) is 0 Å². The van der Waals surface area contributed by atoms with Gasteiger partial charge < -0.3 is 15.5 Å². The zero-order valence-electron chi connectivity index (χ0n) is 19.4. The van der Waals surface area contributed by atoms with E-state index in [4.69, 9.17) is 0 Å². The highest BCUT2D eigenvalue weighted by molar-refractivity contribution is 6.38. The fraction of sp³-hybridized carbons (Fsp3) is 0.385. The molecular formula is C26H26F3N3O4. The zero-order valence-corrected chi connectivity index (χ0v) is 19.4. The van der Waals surface area contributed by atoms with Gasteiger partial charge in [-0.3, -0.25) is 19.2 Å². The third-order valence-electron chi connectivity index (χ3n) is 6.33. The fourth-order valence-electron chi connectivity index (χ4n) is 4.28. The van der Waals surface area contributed by atoms with Crippen LogP contribution in [-0.4, -0.2) is 46.5 Å². The van der Waals surface area contributed by atoms with E-state index in [9.17, 15) is 32.3 Å². The molecule has 1 aliphatic carbocycles. The van der Waals surface area contributed by atoms with Gasteiger partial charge in [-0.25, -0.2) is 0 Å². The molecule has 1 aliphatic heterocycles. The van der Waals surface area contributed by atoms with Crippen LogP contribution in [0.25, 0.3) is 0 Å². The second-order valence-electron chi connectivity index (χ2n) is 9.10. The van der Waals surface area contributed by atoms with Crippen LogP contribution < -0.4 is 10.6 Å². The van der Waals surface area contributed by atoms with E-state index in [2.05, 4.69) is 10.6 Å². The molecule has 0 aromatic heterocycles.